The summed E-state index contributed by atoms with van der Waals surface area (Å²) in [6.45, 7) is 9.40. The van der Waals surface area contributed by atoms with Crippen LogP contribution in [0.2, 0.25) is 0 Å². The number of fused-ring (bicyclic) bond motifs is 2. The number of carbonyl (C=O) groups excluding carboxylic acids is 2. The monoisotopic (exact) mass is 463 g/mol. The van der Waals surface area contributed by atoms with Crippen LogP contribution in [0.5, 0.6) is 5.75 Å². The first-order valence-corrected chi connectivity index (χ1v) is 11.7. The highest BCUT2D eigenvalue weighted by Gasteiger charge is 2.29. The van der Waals surface area contributed by atoms with Crippen molar-refractivity contribution in [2.24, 2.45) is 0 Å². The average molecular weight is 464 g/mol. The quantitative estimate of drug-likeness (QED) is 0.545. The van der Waals surface area contributed by atoms with Gasteiger partial charge in [-0.15, -0.1) is 0 Å². The van der Waals surface area contributed by atoms with Crippen molar-refractivity contribution >= 4 is 22.9 Å². The molecule has 0 fully saturated rings. The number of nitrogens with zero attached hydrogens (tertiary/aromatic N) is 2. The third-order valence-corrected chi connectivity index (χ3v) is 5.54. The minimum atomic E-state index is -0.665. The van der Waals surface area contributed by atoms with Crippen molar-refractivity contribution < 1.29 is 19.1 Å². The van der Waals surface area contributed by atoms with E-state index >= 15 is 0 Å². The SMILES string of the molecule is CCCOc1ccc2c(c1)cc(-c1cc(CN(C)C)cc3c1C(=O)NC3)n2C(=O)OC(C)(C)C. The van der Waals surface area contributed by atoms with E-state index < -0.39 is 11.7 Å². The molecule has 180 valence electrons. The zero-order chi connectivity index (χ0) is 24.6. The first-order valence-electron chi connectivity index (χ1n) is 11.7. The van der Waals surface area contributed by atoms with Crippen LogP contribution in [0.4, 0.5) is 4.79 Å². The number of benzene rings is 2. The molecule has 3 aromatic rings. The molecule has 34 heavy (non-hydrogen) atoms. The summed E-state index contributed by atoms with van der Waals surface area (Å²) in [5, 5.41) is 3.78. The van der Waals surface area contributed by atoms with Crippen LogP contribution in [0.25, 0.3) is 22.2 Å². The standard InChI is InChI=1S/C27H33N3O4/c1-7-10-33-20-8-9-22-18(13-20)14-23(30(22)26(32)34-27(2,3)4)21-12-17(16-29(5)6)11-19-15-28-25(31)24(19)21/h8-9,11-14H,7,10,15-16H2,1-6H3,(H,28,31). The van der Waals surface area contributed by atoms with E-state index in [0.717, 1.165) is 40.8 Å². The van der Waals surface area contributed by atoms with Crippen LogP contribution in [-0.4, -0.2) is 47.8 Å². The van der Waals surface area contributed by atoms with E-state index in [4.69, 9.17) is 9.47 Å². The van der Waals surface area contributed by atoms with E-state index in [1.165, 1.54) is 0 Å². The second kappa shape index (κ2) is 9.14. The highest BCUT2D eigenvalue weighted by atomic mass is 16.6. The van der Waals surface area contributed by atoms with E-state index in [0.29, 0.717) is 29.9 Å². The molecule has 7 heteroatoms. The van der Waals surface area contributed by atoms with Crippen LogP contribution in [-0.2, 0) is 17.8 Å². The maximum absolute atomic E-state index is 13.4. The third kappa shape index (κ3) is 4.80. The van der Waals surface area contributed by atoms with Crippen LogP contribution < -0.4 is 10.1 Å². The third-order valence-electron chi connectivity index (χ3n) is 5.54. The lowest BCUT2D eigenvalue weighted by Gasteiger charge is -2.21. The molecule has 1 N–H and O–H groups in total. The number of rotatable bonds is 6. The van der Waals surface area contributed by atoms with Gasteiger partial charge in [-0.1, -0.05) is 13.0 Å². The molecule has 7 nitrogen and oxygen atoms in total. The summed E-state index contributed by atoms with van der Waals surface area (Å²) < 4.78 is 13.2. The Hall–Kier alpha value is -3.32. The predicted octanol–water partition coefficient (Wildman–Crippen LogP) is 5.19. The fourth-order valence-corrected chi connectivity index (χ4v) is 4.30. The van der Waals surface area contributed by atoms with Crippen LogP contribution >= 0.6 is 0 Å². The molecule has 1 aromatic heterocycles. The van der Waals surface area contributed by atoms with Crippen LogP contribution in [0.1, 0.15) is 55.6 Å². The van der Waals surface area contributed by atoms with E-state index in [1.54, 1.807) is 4.57 Å². The molecule has 0 saturated heterocycles. The molecular formula is C27H33N3O4. The van der Waals surface area contributed by atoms with Gasteiger partial charge >= 0.3 is 6.09 Å². The fourth-order valence-electron chi connectivity index (χ4n) is 4.30. The second-order valence-electron chi connectivity index (χ2n) is 10.0. The smallest absolute Gasteiger partial charge is 0.419 e. The molecule has 0 radical (unpaired) electrons. The molecule has 1 aliphatic rings. The number of nitrogens with one attached hydrogen (secondary N) is 1. The minimum Gasteiger partial charge on any atom is -0.494 e. The van der Waals surface area contributed by atoms with E-state index in [1.807, 2.05) is 65.2 Å². The molecule has 4 rings (SSSR count). The van der Waals surface area contributed by atoms with Crippen molar-refractivity contribution in [2.75, 3.05) is 20.7 Å². The van der Waals surface area contributed by atoms with Crippen molar-refractivity contribution in [3.05, 3.63) is 53.1 Å². The Morgan fingerprint density at radius 1 is 1.15 bits per heavy atom. The number of hydrogen-bond acceptors (Lipinski definition) is 5. The molecule has 2 aromatic carbocycles. The maximum Gasteiger partial charge on any atom is 0.419 e. The lowest BCUT2D eigenvalue weighted by Crippen LogP contribution is -2.27. The van der Waals surface area contributed by atoms with Gasteiger partial charge in [-0.25, -0.2) is 9.36 Å². The Morgan fingerprint density at radius 2 is 1.91 bits per heavy atom. The first-order chi connectivity index (χ1) is 16.1. The number of aromatic nitrogens is 1. The molecule has 0 aliphatic carbocycles. The zero-order valence-electron chi connectivity index (χ0n) is 20.8. The summed E-state index contributed by atoms with van der Waals surface area (Å²) in [7, 11) is 4.01. The molecule has 0 bridgehead atoms. The molecule has 0 saturated carbocycles. The van der Waals surface area contributed by atoms with Gasteiger partial charge in [0.25, 0.3) is 5.91 Å². The van der Waals surface area contributed by atoms with Gasteiger partial charge in [0, 0.05) is 24.0 Å². The Labute approximate surface area is 200 Å². The summed E-state index contributed by atoms with van der Waals surface area (Å²) in [4.78, 5) is 28.3. The lowest BCUT2D eigenvalue weighted by molar-refractivity contribution is 0.0547. The number of hydrogen-bond donors (Lipinski definition) is 1. The molecule has 0 spiro atoms. The van der Waals surface area contributed by atoms with Gasteiger partial charge in [0.2, 0.25) is 0 Å². The molecule has 2 heterocycles. The minimum absolute atomic E-state index is 0.130. The van der Waals surface area contributed by atoms with Crippen molar-refractivity contribution in [1.82, 2.24) is 14.8 Å². The first kappa shape index (κ1) is 23.8. The van der Waals surface area contributed by atoms with E-state index in [2.05, 4.69) is 23.2 Å². The largest absolute Gasteiger partial charge is 0.494 e. The number of ether oxygens (including phenoxy) is 2. The van der Waals surface area contributed by atoms with Gasteiger partial charge in [0.1, 0.15) is 11.4 Å². The van der Waals surface area contributed by atoms with Gasteiger partial charge in [0.15, 0.2) is 0 Å². The fraction of sp³-hybridized carbons (Fsp3) is 0.407. The van der Waals surface area contributed by atoms with Gasteiger partial charge < -0.3 is 19.7 Å². The van der Waals surface area contributed by atoms with Crippen molar-refractivity contribution in [1.29, 1.82) is 0 Å². The van der Waals surface area contributed by atoms with Gasteiger partial charge in [-0.3, -0.25) is 4.79 Å². The summed E-state index contributed by atoms with van der Waals surface area (Å²) in [6, 6.07) is 11.7. The van der Waals surface area contributed by atoms with Gasteiger partial charge in [-0.05, 0) is 82.7 Å². The molecular weight excluding hydrogens is 430 g/mol. The highest BCUT2D eigenvalue weighted by Crippen LogP contribution is 2.36. The number of carbonyl (C=O) groups is 2. The molecule has 1 amide bonds. The normalized spacial score (nSPS) is 13.3. The molecule has 1 aliphatic heterocycles. The van der Waals surface area contributed by atoms with Gasteiger partial charge in [0.05, 0.1) is 23.4 Å². The summed E-state index contributed by atoms with van der Waals surface area (Å²) in [5.74, 6) is 0.612. The van der Waals surface area contributed by atoms with Crippen molar-refractivity contribution in [3.63, 3.8) is 0 Å². The Morgan fingerprint density at radius 3 is 2.59 bits per heavy atom. The van der Waals surface area contributed by atoms with Crippen molar-refractivity contribution in [2.45, 2.75) is 52.8 Å². The van der Waals surface area contributed by atoms with Crippen LogP contribution in [0, 0.1) is 0 Å². The zero-order valence-corrected chi connectivity index (χ0v) is 20.8. The molecule has 0 atom stereocenters. The second-order valence-corrected chi connectivity index (χ2v) is 10.0. The van der Waals surface area contributed by atoms with Crippen LogP contribution in [0.15, 0.2) is 36.4 Å². The van der Waals surface area contributed by atoms with Crippen LogP contribution in [0.3, 0.4) is 0 Å². The highest BCUT2D eigenvalue weighted by molar-refractivity contribution is 6.07. The Bertz CT molecular complexity index is 1250. The summed E-state index contributed by atoms with van der Waals surface area (Å²) in [6.07, 6.45) is 0.423. The van der Waals surface area contributed by atoms with E-state index in [9.17, 15) is 9.59 Å². The summed E-state index contributed by atoms with van der Waals surface area (Å²) >= 11 is 0. The average Bonchev–Trinajstić information content (AvgIpc) is 3.30. The summed E-state index contributed by atoms with van der Waals surface area (Å²) in [5.41, 5.74) is 4.01. The maximum atomic E-state index is 13.4. The lowest BCUT2D eigenvalue weighted by atomic mass is 9.96. The topological polar surface area (TPSA) is 72.8 Å². The Kier molecular flexibility index (Phi) is 6.41. The molecule has 0 unspecified atom stereocenters. The van der Waals surface area contributed by atoms with Crippen molar-refractivity contribution in [3.8, 4) is 17.0 Å². The predicted molar refractivity (Wildman–Crippen MR) is 133 cm³/mol. The van der Waals surface area contributed by atoms with E-state index in [-0.39, 0.29) is 5.91 Å². The Balaban J connectivity index is 1.95. The number of amides is 1. The van der Waals surface area contributed by atoms with Gasteiger partial charge in [-0.2, -0.15) is 0 Å².